The first-order valence-electron chi connectivity index (χ1n) is 8.37. The fourth-order valence-electron chi connectivity index (χ4n) is 2.60. The fraction of sp³-hybridized carbons (Fsp3) is 0.100. The summed E-state index contributed by atoms with van der Waals surface area (Å²) in [5, 5.41) is 18.5. The van der Waals surface area contributed by atoms with Crippen molar-refractivity contribution in [3.8, 4) is 11.1 Å². The minimum Gasteiger partial charge on any atom is -0.478 e. The standard InChI is InChI=1S/C20H18N2O5S/c23-13-14-4-6-15(7-5-14)16-9-17(20(24)25)11-19(10-16)28(26,27)22-12-18-3-1-2-8-21-18/h1-11,22-23H,12-13H2,(H,24,25). The van der Waals surface area contributed by atoms with Crippen molar-refractivity contribution >= 4 is 16.0 Å². The zero-order valence-electron chi connectivity index (χ0n) is 14.7. The maximum absolute atomic E-state index is 12.7. The summed E-state index contributed by atoms with van der Waals surface area (Å²) in [6.45, 7) is -0.131. The van der Waals surface area contributed by atoms with E-state index in [1.807, 2.05) is 0 Å². The molecule has 0 radical (unpaired) electrons. The van der Waals surface area contributed by atoms with Crippen molar-refractivity contribution in [1.82, 2.24) is 9.71 Å². The van der Waals surface area contributed by atoms with Crippen LogP contribution in [0.25, 0.3) is 11.1 Å². The number of aliphatic hydroxyl groups is 1. The largest absolute Gasteiger partial charge is 0.478 e. The van der Waals surface area contributed by atoms with Gasteiger partial charge in [0.1, 0.15) is 0 Å². The van der Waals surface area contributed by atoms with Gasteiger partial charge in [0.2, 0.25) is 10.0 Å². The van der Waals surface area contributed by atoms with Gasteiger partial charge in [0.25, 0.3) is 0 Å². The Bertz CT molecular complexity index is 1080. The average Bonchev–Trinajstić information content (AvgIpc) is 2.73. The van der Waals surface area contributed by atoms with Crippen LogP contribution >= 0.6 is 0 Å². The van der Waals surface area contributed by atoms with Gasteiger partial charge in [-0.15, -0.1) is 0 Å². The van der Waals surface area contributed by atoms with Crippen LogP contribution in [0, 0.1) is 0 Å². The maximum Gasteiger partial charge on any atom is 0.335 e. The van der Waals surface area contributed by atoms with Gasteiger partial charge in [0.15, 0.2) is 0 Å². The molecule has 0 aliphatic carbocycles. The van der Waals surface area contributed by atoms with E-state index in [4.69, 9.17) is 5.11 Å². The fourth-order valence-corrected chi connectivity index (χ4v) is 3.67. The molecule has 28 heavy (non-hydrogen) atoms. The molecule has 0 aliphatic rings. The van der Waals surface area contributed by atoms with E-state index in [0.29, 0.717) is 22.4 Å². The van der Waals surface area contributed by atoms with Crippen LogP contribution in [0.2, 0.25) is 0 Å². The lowest BCUT2D eigenvalue weighted by atomic mass is 10.0. The molecule has 0 unspecified atom stereocenters. The summed E-state index contributed by atoms with van der Waals surface area (Å²) in [6, 6.07) is 15.9. The van der Waals surface area contributed by atoms with Crippen LogP contribution < -0.4 is 4.72 Å². The van der Waals surface area contributed by atoms with E-state index in [1.54, 1.807) is 48.7 Å². The number of carboxylic acids is 1. The molecule has 1 aromatic heterocycles. The molecular weight excluding hydrogens is 380 g/mol. The smallest absolute Gasteiger partial charge is 0.335 e. The molecule has 0 saturated heterocycles. The van der Waals surface area contributed by atoms with E-state index in [0.717, 1.165) is 6.07 Å². The number of rotatable bonds is 7. The predicted molar refractivity (Wildman–Crippen MR) is 103 cm³/mol. The van der Waals surface area contributed by atoms with Gasteiger partial charge in [-0.05, 0) is 47.0 Å². The molecule has 3 rings (SSSR count). The highest BCUT2D eigenvalue weighted by Crippen LogP contribution is 2.25. The molecule has 0 spiro atoms. The highest BCUT2D eigenvalue weighted by Gasteiger charge is 2.18. The highest BCUT2D eigenvalue weighted by molar-refractivity contribution is 7.89. The van der Waals surface area contributed by atoms with Crippen LogP contribution in [-0.2, 0) is 23.2 Å². The zero-order valence-corrected chi connectivity index (χ0v) is 15.6. The third-order valence-corrected chi connectivity index (χ3v) is 5.48. The Morgan fingerprint density at radius 3 is 2.36 bits per heavy atom. The lowest BCUT2D eigenvalue weighted by Crippen LogP contribution is -2.24. The summed E-state index contributed by atoms with van der Waals surface area (Å²) < 4.78 is 27.8. The minimum absolute atomic E-state index is 0.0129. The van der Waals surface area contributed by atoms with E-state index in [-0.39, 0.29) is 23.6 Å². The first-order chi connectivity index (χ1) is 13.4. The van der Waals surface area contributed by atoms with Crippen molar-refractivity contribution in [2.75, 3.05) is 0 Å². The Morgan fingerprint density at radius 2 is 1.75 bits per heavy atom. The van der Waals surface area contributed by atoms with E-state index < -0.39 is 16.0 Å². The second-order valence-electron chi connectivity index (χ2n) is 6.05. The lowest BCUT2D eigenvalue weighted by Gasteiger charge is -2.11. The molecule has 3 N–H and O–H groups in total. The summed E-state index contributed by atoms with van der Waals surface area (Å²) in [5.41, 5.74) is 2.19. The third kappa shape index (κ3) is 4.61. The molecule has 8 heteroatoms. The summed E-state index contributed by atoms with van der Waals surface area (Å²) >= 11 is 0. The molecule has 0 atom stereocenters. The van der Waals surface area contributed by atoms with Crippen LogP contribution in [-0.4, -0.2) is 29.6 Å². The molecule has 0 fully saturated rings. The molecule has 144 valence electrons. The van der Waals surface area contributed by atoms with E-state index >= 15 is 0 Å². The van der Waals surface area contributed by atoms with Crippen LogP contribution in [0.3, 0.4) is 0 Å². The Hall–Kier alpha value is -3.07. The van der Waals surface area contributed by atoms with Gasteiger partial charge in [-0.2, -0.15) is 0 Å². The second kappa shape index (κ2) is 8.30. The molecular formula is C20H18N2O5S. The number of pyridine rings is 1. The number of carbonyl (C=O) groups is 1. The molecule has 3 aromatic rings. The van der Waals surface area contributed by atoms with Crippen molar-refractivity contribution < 1.29 is 23.4 Å². The van der Waals surface area contributed by atoms with Crippen molar-refractivity contribution in [2.45, 2.75) is 18.0 Å². The number of aromatic carboxylic acids is 1. The number of carboxylic acid groups (broad SMARTS) is 1. The summed E-state index contributed by atoms with van der Waals surface area (Å²) in [6.07, 6.45) is 1.56. The second-order valence-corrected chi connectivity index (χ2v) is 7.82. The van der Waals surface area contributed by atoms with Crippen LogP contribution in [0.5, 0.6) is 0 Å². The Labute approximate surface area is 162 Å². The topological polar surface area (TPSA) is 117 Å². The number of nitrogens with one attached hydrogen (secondary N) is 1. The lowest BCUT2D eigenvalue weighted by molar-refractivity contribution is 0.0696. The molecule has 2 aromatic carbocycles. The van der Waals surface area contributed by atoms with E-state index in [2.05, 4.69) is 9.71 Å². The summed E-state index contributed by atoms with van der Waals surface area (Å²) in [5.74, 6) is -1.23. The van der Waals surface area contributed by atoms with E-state index in [1.165, 1.54) is 12.1 Å². The molecule has 0 amide bonds. The van der Waals surface area contributed by atoms with Crippen LogP contribution in [0.1, 0.15) is 21.6 Å². The van der Waals surface area contributed by atoms with Gasteiger partial charge in [-0.1, -0.05) is 30.3 Å². The van der Waals surface area contributed by atoms with Gasteiger partial charge >= 0.3 is 5.97 Å². The molecule has 0 saturated carbocycles. The Kier molecular flexibility index (Phi) is 5.84. The number of sulfonamides is 1. The predicted octanol–water partition coefficient (Wildman–Crippen LogP) is 2.42. The summed E-state index contributed by atoms with van der Waals surface area (Å²) in [7, 11) is -3.95. The number of aliphatic hydroxyl groups excluding tert-OH is 1. The van der Waals surface area contributed by atoms with Crippen molar-refractivity contribution in [1.29, 1.82) is 0 Å². The summed E-state index contributed by atoms with van der Waals surface area (Å²) in [4.78, 5) is 15.4. The average molecular weight is 398 g/mol. The maximum atomic E-state index is 12.7. The third-order valence-electron chi connectivity index (χ3n) is 4.10. The van der Waals surface area contributed by atoms with Gasteiger partial charge in [0, 0.05) is 6.20 Å². The number of benzene rings is 2. The molecule has 1 heterocycles. The SMILES string of the molecule is O=C(O)c1cc(-c2ccc(CO)cc2)cc(S(=O)(=O)NCc2ccccn2)c1. The highest BCUT2D eigenvalue weighted by atomic mass is 32.2. The number of hydrogen-bond acceptors (Lipinski definition) is 5. The molecule has 0 bridgehead atoms. The Balaban J connectivity index is 1.97. The normalized spacial score (nSPS) is 11.3. The van der Waals surface area contributed by atoms with Gasteiger partial charge in [-0.25, -0.2) is 17.9 Å². The van der Waals surface area contributed by atoms with Crippen LogP contribution in [0.4, 0.5) is 0 Å². The van der Waals surface area contributed by atoms with Gasteiger partial charge < -0.3 is 10.2 Å². The number of aromatic nitrogens is 1. The molecule has 0 aliphatic heterocycles. The first-order valence-corrected chi connectivity index (χ1v) is 9.85. The van der Waals surface area contributed by atoms with Crippen molar-refractivity contribution in [3.05, 3.63) is 83.7 Å². The van der Waals surface area contributed by atoms with Gasteiger partial charge in [-0.3, -0.25) is 4.98 Å². The monoisotopic (exact) mass is 398 g/mol. The zero-order chi connectivity index (χ0) is 20.1. The minimum atomic E-state index is -3.95. The number of nitrogens with zero attached hydrogens (tertiary/aromatic N) is 1. The first kappa shape index (κ1) is 19.7. The van der Waals surface area contributed by atoms with Gasteiger partial charge in [0.05, 0.1) is 29.3 Å². The quantitative estimate of drug-likeness (QED) is 0.563. The van der Waals surface area contributed by atoms with Crippen molar-refractivity contribution in [2.24, 2.45) is 0 Å². The Morgan fingerprint density at radius 1 is 1.00 bits per heavy atom. The van der Waals surface area contributed by atoms with E-state index in [9.17, 15) is 18.3 Å². The van der Waals surface area contributed by atoms with Crippen molar-refractivity contribution in [3.63, 3.8) is 0 Å². The number of hydrogen-bond donors (Lipinski definition) is 3. The molecule has 7 nitrogen and oxygen atoms in total. The van der Waals surface area contributed by atoms with Crippen LogP contribution in [0.15, 0.2) is 71.8 Å².